The van der Waals surface area contributed by atoms with Crippen molar-refractivity contribution in [3.63, 3.8) is 0 Å². The van der Waals surface area contributed by atoms with Gasteiger partial charge in [0, 0.05) is 26.1 Å². The quantitative estimate of drug-likeness (QED) is 0.329. The van der Waals surface area contributed by atoms with Gasteiger partial charge in [0.05, 0.1) is 31.3 Å². The molecule has 0 bridgehead atoms. The van der Waals surface area contributed by atoms with Crippen LogP contribution in [-0.4, -0.2) is 44.0 Å². The molecule has 3 rings (SSSR count). The van der Waals surface area contributed by atoms with Crippen molar-refractivity contribution in [2.45, 2.75) is 25.2 Å². The first kappa shape index (κ1) is 25.8. The van der Waals surface area contributed by atoms with Crippen LogP contribution in [0.4, 0.5) is 13.2 Å². The Kier molecular flexibility index (Phi) is 9.17. The molecule has 2 aromatic rings. The molecule has 0 saturated heterocycles. The maximum Gasteiger partial charge on any atom is 0.416 e. The molecule has 1 unspecified atom stereocenters. The van der Waals surface area contributed by atoms with Gasteiger partial charge in [-0.15, -0.1) is 24.0 Å². The number of hydrogen-bond acceptors (Lipinski definition) is 3. The third kappa shape index (κ3) is 7.01. The number of amides is 1. The Labute approximate surface area is 202 Å². The summed E-state index contributed by atoms with van der Waals surface area (Å²) < 4.78 is 44.6. The van der Waals surface area contributed by atoms with Crippen LogP contribution in [0.2, 0.25) is 0 Å². The standard InChI is InChI=1S/C22H25F3N4O2.HI/c1-29(2)20(30)14-27-21(26-13-15-6-5-7-16(12-15)22(23,24)25)28-18-10-11-31-19-9-4-3-8-17(18)19;/h3-9,12,18H,10-11,13-14H2,1-2H3,(H2,26,27,28);1H. The zero-order chi connectivity index (χ0) is 22.4. The largest absolute Gasteiger partial charge is 0.493 e. The third-order valence-corrected chi connectivity index (χ3v) is 4.85. The van der Waals surface area contributed by atoms with Gasteiger partial charge in [-0.3, -0.25) is 4.79 Å². The van der Waals surface area contributed by atoms with Crippen LogP contribution in [0, 0.1) is 0 Å². The molecule has 2 aromatic carbocycles. The molecule has 0 radical (unpaired) electrons. The molecule has 1 amide bonds. The van der Waals surface area contributed by atoms with E-state index in [0.717, 1.165) is 23.4 Å². The number of likely N-dealkylation sites (N-methyl/N-ethyl adjacent to an activating group) is 1. The van der Waals surface area contributed by atoms with Crippen LogP contribution < -0.4 is 15.4 Å². The van der Waals surface area contributed by atoms with Gasteiger partial charge in [-0.2, -0.15) is 13.2 Å². The van der Waals surface area contributed by atoms with Gasteiger partial charge < -0.3 is 20.3 Å². The smallest absolute Gasteiger partial charge is 0.416 e. The molecule has 0 spiro atoms. The van der Waals surface area contributed by atoms with Gasteiger partial charge in [0.2, 0.25) is 5.91 Å². The van der Waals surface area contributed by atoms with E-state index in [1.807, 2.05) is 24.3 Å². The number of nitrogens with zero attached hydrogens (tertiary/aromatic N) is 2. The van der Waals surface area contributed by atoms with Crippen LogP contribution >= 0.6 is 24.0 Å². The number of para-hydroxylation sites is 1. The molecule has 1 atom stereocenters. The second kappa shape index (κ2) is 11.4. The molecule has 0 aromatic heterocycles. The lowest BCUT2D eigenvalue weighted by atomic mass is 10.0. The average Bonchev–Trinajstić information content (AvgIpc) is 2.75. The molecule has 0 saturated carbocycles. The van der Waals surface area contributed by atoms with Gasteiger partial charge in [-0.05, 0) is 23.8 Å². The van der Waals surface area contributed by atoms with E-state index in [1.165, 1.54) is 11.0 Å². The first-order valence-corrected chi connectivity index (χ1v) is 9.87. The van der Waals surface area contributed by atoms with Crippen molar-refractivity contribution < 1.29 is 22.7 Å². The number of fused-ring (bicyclic) bond motifs is 1. The van der Waals surface area contributed by atoms with E-state index in [9.17, 15) is 18.0 Å². The molecule has 0 fully saturated rings. The van der Waals surface area contributed by atoms with Crippen LogP contribution in [-0.2, 0) is 17.5 Å². The van der Waals surface area contributed by atoms with Crippen molar-refractivity contribution in [2.75, 3.05) is 27.2 Å². The second-order valence-electron chi connectivity index (χ2n) is 7.38. The lowest BCUT2D eigenvalue weighted by molar-refractivity contribution is -0.137. The minimum absolute atomic E-state index is 0. The highest BCUT2D eigenvalue weighted by atomic mass is 127. The zero-order valence-electron chi connectivity index (χ0n) is 17.8. The number of halogens is 4. The van der Waals surface area contributed by atoms with E-state index in [-0.39, 0.29) is 49.0 Å². The SMILES string of the molecule is CN(C)C(=O)CNC(=NCc1cccc(C(F)(F)F)c1)NC1CCOc2ccccc21.I. The minimum Gasteiger partial charge on any atom is -0.493 e. The summed E-state index contributed by atoms with van der Waals surface area (Å²) in [6.45, 7) is 0.554. The first-order chi connectivity index (χ1) is 14.7. The summed E-state index contributed by atoms with van der Waals surface area (Å²) in [5.41, 5.74) is 0.660. The fourth-order valence-electron chi connectivity index (χ4n) is 3.14. The predicted molar refractivity (Wildman–Crippen MR) is 127 cm³/mol. The summed E-state index contributed by atoms with van der Waals surface area (Å²) in [5, 5.41) is 6.27. The average molecular weight is 562 g/mol. The molecule has 2 N–H and O–H groups in total. The lowest BCUT2D eigenvalue weighted by Gasteiger charge is -2.28. The second-order valence-corrected chi connectivity index (χ2v) is 7.38. The van der Waals surface area contributed by atoms with Crippen LogP contribution in [0.3, 0.4) is 0 Å². The van der Waals surface area contributed by atoms with Gasteiger partial charge in [0.15, 0.2) is 5.96 Å². The molecule has 1 aliphatic rings. The van der Waals surface area contributed by atoms with E-state index in [2.05, 4.69) is 15.6 Å². The fourth-order valence-corrected chi connectivity index (χ4v) is 3.14. The molecular formula is C22H26F3IN4O2. The van der Waals surface area contributed by atoms with Gasteiger partial charge in [-0.25, -0.2) is 4.99 Å². The molecule has 0 aliphatic carbocycles. The molecular weight excluding hydrogens is 536 g/mol. The number of carbonyl (C=O) groups excluding carboxylic acids is 1. The van der Waals surface area contributed by atoms with Crippen molar-refractivity contribution in [3.8, 4) is 5.75 Å². The Morgan fingerprint density at radius 1 is 1.19 bits per heavy atom. The summed E-state index contributed by atoms with van der Waals surface area (Å²) >= 11 is 0. The summed E-state index contributed by atoms with van der Waals surface area (Å²) in [6.07, 6.45) is -3.73. The van der Waals surface area contributed by atoms with Gasteiger partial charge in [0.25, 0.3) is 0 Å². The number of alkyl halides is 3. The van der Waals surface area contributed by atoms with Crippen molar-refractivity contribution in [1.29, 1.82) is 0 Å². The highest BCUT2D eigenvalue weighted by molar-refractivity contribution is 14.0. The van der Waals surface area contributed by atoms with Crippen molar-refractivity contribution in [1.82, 2.24) is 15.5 Å². The van der Waals surface area contributed by atoms with Crippen LogP contribution in [0.15, 0.2) is 53.5 Å². The number of aliphatic imine (C=N–C) groups is 1. The topological polar surface area (TPSA) is 66.0 Å². The minimum atomic E-state index is -4.41. The Morgan fingerprint density at radius 3 is 2.66 bits per heavy atom. The Morgan fingerprint density at radius 2 is 1.94 bits per heavy atom. The van der Waals surface area contributed by atoms with Crippen LogP contribution in [0.5, 0.6) is 5.75 Å². The molecule has 174 valence electrons. The van der Waals surface area contributed by atoms with Gasteiger partial charge in [0.1, 0.15) is 5.75 Å². The number of ether oxygens (including phenoxy) is 1. The van der Waals surface area contributed by atoms with Gasteiger partial charge in [-0.1, -0.05) is 30.3 Å². The maximum absolute atomic E-state index is 13.0. The normalized spacial score (nSPS) is 15.7. The number of guanidine groups is 1. The fraction of sp³-hybridized carbons (Fsp3) is 0.364. The zero-order valence-corrected chi connectivity index (χ0v) is 20.1. The number of nitrogens with one attached hydrogen (secondary N) is 2. The van der Waals surface area contributed by atoms with Crippen molar-refractivity contribution in [2.24, 2.45) is 4.99 Å². The Balaban J connectivity index is 0.00000363. The van der Waals surface area contributed by atoms with Gasteiger partial charge >= 0.3 is 6.18 Å². The molecule has 6 nitrogen and oxygen atoms in total. The lowest BCUT2D eigenvalue weighted by Crippen LogP contribution is -2.45. The van der Waals surface area contributed by atoms with Crippen LogP contribution in [0.25, 0.3) is 0 Å². The Hall–Kier alpha value is -2.50. The summed E-state index contributed by atoms with van der Waals surface area (Å²) in [7, 11) is 3.29. The molecule has 32 heavy (non-hydrogen) atoms. The first-order valence-electron chi connectivity index (χ1n) is 9.87. The third-order valence-electron chi connectivity index (χ3n) is 4.85. The van der Waals surface area contributed by atoms with E-state index < -0.39 is 11.7 Å². The van der Waals surface area contributed by atoms with Crippen molar-refractivity contribution in [3.05, 3.63) is 65.2 Å². The highest BCUT2D eigenvalue weighted by Crippen LogP contribution is 2.32. The van der Waals surface area contributed by atoms with Crippen LogP contribution in [0.1, 0.15) is 29.2 Å². The molecule has 10 heteroatoms. The molecule has 1 heterocycles. The van der Waals surface area contributed by atoms with E-state index in [4.69, 9.17) is 4.74 Å². The highest BCUT2D eigenvalue weighted by Gasteiger charge is 2.30. The summed E-state index contributed by atoms with van der Waals surface area (Å²) in [6, 6.07) is 12.6. The molecule has 1 aliphatic heterocycles. The summed E-state index contributed by atoms with van der Waals surface area (Å²) in [5.74, 6) is 0.961. The Bertz CT molecular complexity index is 951. The number of carbonyl (C=O) groups is 1. The monoisotopic (exact) mass is 562 g/mol. The number of benzene rings is 2. The van der Waals surface area contributed by atoms with E-state index >= 15 is 0 Å². The maximum atomic E-state index is 13.0. The summed E-state index contributed by atoms with van der Waals surface area (Å²) in [4.78, 5) is 17.9. The van der Waals surface area contributed by atoms with E-state index in [1.54, 1.807) is 20.2 Å². The van der Waals surface area contributed by atoms with E-state index in [0.29, 0.717) is 24.6 Å². The number of rotatable bonds is 5. The van der Waals surface area contributed by atoms with Crippen molar-refractivity contribution >= 4 is 35.8 Å². The number of hydrogen-bond donors (Lipinski definition) is 2. The predicted octanol–water partition coefficient (Wildman–Crippen LogP) is 3.97.